The Balaban J connectivity index is 2.04. The first kappa shape index (κ1) is 42.2. The van der Waals surface area contributed by atoms with Gasteiger partial charge in [-0.3, -0.25) is 9.59 Å². The number of methoxy groups -OCH3 is 3. The van der Waals surface area contributed by atoms with E-state index in [1.165, 1.54) is 0 Å². The molecule has 0 unspecified atom stereocenters. The lowest BCUT2D eigenvalue weighted by Gasteiger charge is -2.29. The largest absolute Gasteiger partial charge is 0.496 e. The number of aryl methyl sites for hydroxylation is 3. The molecule has 0 bridgehead atoms. The molecule has 12 heteroatoms. The zero-order chi connectivity index (χ0) is 37.8. The van der Waals surface area contributed by atoms with Gasteiger partial charge in [0.15, 0.2) is 11.5 Å². The number of nitriles is 1. The van der Waals surface area contributed by atoms with E-state index in [0.717, 1.165) is 22.4 Å². The normalized spacial score (nSPS) is 10.8. The number of ether oxygens (including phenoxy) is 4. The minimum atomic E-state index is -0.704. The van der Waals surface area contributed by atoms with Crippen LogP contribution in [0.25, 0.3) is 4.85 Å². The van der Waals surface area contributed by atoms with E-state index in [4.69, 9.17) is 25.5 Å². The number of amides is 3. The van der Waals surface area contributed by atoms with Crippen molar-refractivity contribution in [3.05, 3.63) is 64.5 Å². The molecule has 0 atom stereocenters. The second-order valence-corrected chi connectivity index (χ2v) is 13.2. The van der Waals surface area contributed by atoms with Crippen LogP contribution in [-0.2, 0) is 27.2 Å². The fourth-order valence-corrected chi connectivity index (χ4v) is 5.48. The highest BCUT2D eigenvalue weighted by molar-refractivity contribution is 5.77. The van der Waals surface area contributed by atoms with E-state index >= 15 is 0 Å². The summed E-state index contributed by atoms with van der Waals surface area (Å²) in [5, 5.41) is 9.23. The van der Waals surface area contributed by atoms with Crippen molar-refractivity contribution in [2.75, 3.05) is 67.1 Å². The molecule has 0 spiro atoms. The Labute approximate surface area is 304 Å². The Morgan fingerprint density at radius 3 is 1.76 bits per heavy atom. The maximum Gasteiger partial charge on any atom is 0.410 e. The van der Waals surface area contributed by atoms with E-state index in [9.17, 15) is 19.6 Å². The summed E-state index contributed by atoms with van der Waals surface area (Å²) in [4.78, 5) is 48.2. The molecule has 0 aromatic heterocycles. The van der Waals surface area contributed by atoms with Crippen LogP contribution in [0.1, 0.15) is 69.6 Å². The fraction of sp³-hybridized carbons (Fsp3) is 0.564. The van der Waals surface area contributed by atoms with Gasteiger partial charge in [0, 0.05) is 45.6 Å². The molecule has 0 aliphatic rings. The Bertz CT molecular complexity index is 1510. The SMILES string of the molecule is [C-]#[N+]CCN(CCCN(CCCN(CCC#N)C(=O)CCc1ccc(OC)c(OC)c1)C(=O)OC(C)(C)C)C(=O)CCc1ccc(C)c(OC)c1. The topological polar surface area (TPSA) is 126 Å². The minimum Gasteiger partial charge on any atom is -0.496 e. The van der Waals surface area contributed by atoms with E-state index in [1.54, 1.807) is 62.9 Å². The highest BCUT2D eigenvalue weighted by Crippen LogP contribution is 2.28. The van der Waals surface area contributed by atoms with Crippen LogP contribution in [0.5, 0.6) is 17.2 Å². The number of rotatable bonds is 21. The highest BCUT2D eigenvalue weighted by atomic mass is 16.6. The van der Waals surface area contributed by atoms with Crippen LogP contribution in [0.4, 0.5) is 4.79 Å². The lowest BCUT2D eigenvalue weighted by molar-refractivity contribution is -0.131. The molecule has 2 rings (SSSR count). The first-order valence-corrected chi connectivity index (χ1v) is 17.4. The molecule has 3 amide bonds. The molecule has 12 nitrogen and oxygen atoms in total. The molecule has 0 aliphatic carbocycles. The van der Waals surface area contributed by atoms with Crippen molar-refractivity contribution < 1.29 is 33.3 Å². The molecule has 51 heavy (non-hydrogen) atoms. The van der Waals surface area contributed by atoms with E-state index < -0.39 is 11.7 Å². The zero-order valence-electron chi connectivity index (χ0n) is 31.5. The van der Waals surface area contributed by atoms with Crippen LogP contribution < -0.4 is 14.2 Å². The van der Waals surface area contributed by atoms with E-state index in [2.05, 4.69) is 10.9 Å². The molecule has 278 valence electrons. The lowest BCUT2D eigenvalue weighted by atomic mass is 10.1. The van der Waals surface area contributed by atoms with Crippen LogP contribution in [0.3, 0.4) is 0 Å². The van der Waals surface area contributed by atoms with Gasteiger partial charge in [-0.15, -0.1) is 0 Å². The van der Waals surface area contributed by atoms with Crippen LogP contribution >= 0.6 is 0 Å². The average Bonchev–Trinajstić information content (AvgIpc) is 3.10. The molecule has 0 heterocycles. The van der Waals surface area contributed by atoms with Gasteiger partial charge in [-0.2, -0.15) is 5.26 Å². The summed E-state index contributed by atoms with van der Waals surface area (Å²) in [6.45, 7) is 16.8. The molecule has 2 aromatic carbocycles. The minimum absolute atomic E-state index is 0.0539. The summed E-state index contributed by atoms with van der Waals surface area (Å²) in [6, 6.07) is 13.6. The van der Waals surface area contributed by atoms with Crippen LogP contribution in [0.2, 0.25) is 0 Å². The highest BCUT2D eigenvalue weighted by Gasteiger charge is 2.24. The van der Waals surface area contributed by atoms with Crippen LogP contribution in [0.15, 0.2) is 36.4 Å². The van der Waals surface area contributed by atoms with Crippen molar-refractivity contribution in [2.45, 2.75) is 78.2 Å². The predicted molar refractivity (Wildman–Crippen MR) is 196 cm³/mol. The molecule has 0 saturated carbocycles. The summed E-state index contributed by atoms with van der Waals surface area (Å²) in [7, 11) is 4.75. The Hall–Kier alpha value is -4.97. The zero-order valence-corrected chi connectivity index (χ0v) is 31.5. The molecule has 0 aliphatic heterocycles. The Morgan fingerprint density at radius 1 is 0.745 bits per heavy atom. The summed E-state index contributed by atoms with van der Waals surface area (Å²) < 4.78 is 21.8. The van der Waals surface area contributed by atoms with Crippen molar-refractivity contribution in [2.24, 2.45) is 0 Å². The number of carbonyl (C=O) groups excluding carboxylic acids is 3. The second-order valence-electron chi connectivity index (χ2n) is 13.2. The van der Waals surface area contributed by atoms with Gasteiger partial charge in [0.25, 0.3) is 0 Å². The maximum atomic E-state index is 13.3. The predicted octanol–water partition coefficient (Wildman–Crippen LogP) is 6.09. The fourth-order valence-electron chi connectivity index (χ4n) is 5.48. The molecular formula is C39H55N5O7. The number of hydrogen-bond acceptors (Lipinski definition) is 8. The van der Waals surface area contributed by atoms with Crippen molar-refractivity contribution in [3.63, 3.8) is 0 Å². The lowest BCUT2D eigenvalue weighted by Crippen LogP contribution is -2.41. The molecular weight excluding hydrogens is 650 g/mol. The molecule has 2 aromatic rings. The number of nitrogens with zero attached hydrogens (tertiary/aromatic N) is 5. The maximum absolute atomic E-state index is 13.3. The van der Waals surface area contributed by atoms with Gasteiger partial charge >= 0.3 is 6.09 Å². The third-order valence-electron chi connectivity index (χ3n) is 8.22. The van der Waals surface area contributed by atoms with Crippen LogP contribution in [-0.4, -0.2) is 105 Å². The summed E-state index contributed by atoms with van der Waals surface area (Å²) >= 11 is 0. The number of carbonyl (C=O) groups is 3. The third-order valence-corrected chi connectivity index (χ3v) is 8.22. The molecule has 0 saturated heterocycles. The Kier molecular flexibility index (Phi) is 18.2. The first-order valence-electron chi connectivity index (χ1n) is 17.4. The molecule has 0 radical (unpaired) electrons. The van der Waals surface area contributed by atoms with Crippen LogP contribution in [0, 0.1) is 24.8 Å². The van der Waals surface area contributed by atoms with Gasteiger partial charge in [-0.05, 0) is 88.3 Å². The van der Waals surface area contributed by atoms with Gasteiger partial charge in [-0.1, -0.05) is 18.2 Å². The number of hydrogen-bond donors (Lipinski definition) is 0. The Morgan fingerprint density at radius 2 is 1.25 bits per heavy atom. The van der Waals surface area contributed by atoms with E-state index in [0.29, 0.717) is 82.9 Å². The first-order chi connectivity index (χ1) is 24.3. The standard InChI is InChI=1S/C39H55N5O7/c1-30-12-13-31(28-34(30)49-7)15-19-37(46)43(27-21-41-5)24-11-26-44(38(47)51-39(2,3)4)25-10-23-42(22-9-20-40)36(45)18-16-32-14-17-33(48-6)35(29-32)50-8/h12-14,17,28-29H,9-11,15-16,18-19,21-27H2,1-4,6-8H3. The summed E-state index contributed by atoms with van der Waals surface area (Å²) in [5.74, 6) is 1.84. The van der Waals surface area contributed by atoms with E-state index in [1.807, 2.05) is 37.3 Å². The van der Waals surface area contributed by atoms with Crippen molar-refractivity contribution in [1.82, 2.24) is 14.7 Å². The number of benzene rings is 2. The quantitative estimate of drug-likeness (QED) is 0.143. The van der Waals surface area contributed by atoms with E-state index in [-0.39, 0.29) is 31.2 Å². The second kappa shape index (κ2) is 22.0. The van der Waals surface area contributed by atoms with Crippen molar-refractivity contribution in [3.8, 4) is 23.3 Å². The van der Waals surface area contributed by atoms with Crippen molar-refractivity contribution in [1.29, 1.82) is 5.26 Å². The van der Waals surface area contributed by atoms with Gasteiger partial charge in [0.05, 0.1) is 40.4 Å². The van der Waals surface area contributed by atoms with Crippen molar-refractivity contribution >= 4 is 17.9 Å². The monoisotopic (exact) mass is 705 g/mol. The summed E-state index contributed by atoms with van der Waals surface area (Å²) in [6.07, 6.45) is 2.28. The molecule has 0 N–H and O–H groups in total. The smallest absolute Gasteiger partial charge is 0.410 e. The van der Waals surface area contributed by atoms with Gasteiger partial charge in [0.1, 0.15) is 11.4 Å². The van der Waals surface area contributed by atoms with Gasteiger partial charge < -0.3 is 38.5 Å². The average molecular weight is 706 g/mol. The van der Waals surface area contributed by atoms with Gasteiger partial charge in [0.2, 0.25) is 18.4 Å². The summed E-state index contributed by atoms with van der Waals surface area (Å²) in [5.41, 5.74) is 2.24. The third kappa shape index (κ3) is 15.2. The van der Waals surface area contributed by atoms with Gasteiger partial charge in [-0.25, -0.2) is 11.4 Å². The molecule has 0 fully saturated rings.